The molecule has 5 rings (SSSR count). The first-order valence-electron chi connectivity index (χ1n) is 12.4. The molecule has 164 valence electrons. The number of fused-ring (bicyclic) bond motifs is 3. The number of H-pyrrole nitrogens is 1. The number of carbonyl (C=O) groups is 1. The van der Waals surface area contributed by atoms with E-state index >= 15 is 0 Å². The standard InChI is InChI=1S/C28H35NOS/c30-28(24-13-10-21-14-15-29-27(21)19-24)9-2-1-5-20-17-22-11-12-23(18-20)26(22)8-3-6-25-7-4-16-31-25/h4,7,10,13-16,19-20,22-23,26,29H,1-3,5-6,8-9,11-12,17-18H2/t20?,22-,23+,26?. The van der Waals surface area contributed by atoms with Crippen LogP contribution in [0.3, 0.4) is 0 Å². The predicted molar refractivity (Wildman–Crippen MR) is 131 cm³/mol. The van der Waals surface area contributed by atoms with Crippen molar-refractivity contribution < 1.29 is 4.79 Å². The molecular weight excluding hydrogens is 398 g/mol. The third-order valence-corrected chi connectivity index (χ3v) is 9.01. The largest absolute Gasteiger partial charge is 0.361 e. The van der Waals surface area contributed by atoms with Crippen LogP contribution in [0.4, 0.5) is 0 Å². The van der Waals surface area contributed by atoms with Gasteiger partial charge in [-0.1, -0.05) is 31.0 Å². The van der Waals surface area contributed by atoms with Crippen LogP contribution in [0.15, 0.2) is 48.0 Å². The van der Waals surface area contributed by atoms with Gasteiger partial charge in [-0.05, 0) is 104 Å². The van der Waals surface area contributed by atoms with Gasteiger partial charge >= 0.3 is 0 Å². The average molecular weight is 434 g/mol. The lowest BCUT2D eigenvalue weighted by atomic mass is 9.70. The highest BCUT2D eigenvalue weighted by molar-refractivity contribution is 7.09. The Morgan fingerprint density at radius 1 is 1.00 bits per heavy atom. The van der Waals surface area contributed by atoms with Gasteiger partial charge in [0, 0.05) is 28.6 Å². The molecule has 3 heteroatoms. The summed E-state index contributed by atoms with van der Waals surface area (Å²) in [5.41, 5.74) is 1.92. The first-order valence-corrected chi connectivity index (χ1v) is 13.3. The molecule has 31 heavy (non-hydrogen) atoms. The zero-order valence-corrected chi connectivity index (χ0v) is 19.3. The first-order chi connectivity index (χ1) is 15.3. The predicted octanol–water partition coefficient (Wildman–Crippen LogP) is 8.05. The molecule has 0 spiro atoms. The number of benzene rings is 1. The van der Waals surface area contributed by atoms with Crippen molar-refractivity contribution in [3.63, 3.8) is 0 Å². The lowest BCUT2D eigenvalue weighted by Crippen LogP contribution is -2.26. The number of Topliss-reactive ketones (excluding diaryl/α,β-unsaturated/α-hetero) is 1. The van der Waals surface area contributed by atoms with E-state index in [9.17, 15) is 4.79 Å². The number of aromatic nitrogens is 1. The fourth-order valence-corrected chi connectivity index (χ4v) is 7.29. The molecule has 3 aromatic rings. The summed E-state index contributed by atoms with van der Waals surface area (Å²) in [4.78, 5) is 17.4. The Labute approximate surface area is 190 Å². The number of hydrogen-bond acceptors (Lipinski definition) is 2. The smallest absolute Gasteiger partial charge is 0.162 e. The number of nitrogens with one attached hydrogen (secondary N) is 1. The van der Waals surface area contributed by atoms with Crippen LogP contribution in [0.5, 0.6) is 0 Å². The molecule has 1 aromatic carbocycles. The topological polar surface area (TPSA) is 32.9 Å². The van der Waals surface area contributed by atoms with Gasteiger partial charge in [0.25, 0.3) is 0 Å². The van der Waals surface area contributed by atoms with E-state index in [0.717, 1.165) is 41.2 Å². The summed E-state index contributed by atoms with van der Waals surface area (Å²) >= 11 is 1.91. The van der Waals surface area contributed by atoms with Gasteiger partial charge in [-0.15, -0.1) is 11.3 Å². The van der Waals surface area contributed by atoms with Crippen molar-refractivity contribution in [2.45, 2.75) is 70.6 Å². The second-order valence-corrected chi connectivity index (χ2v) is 11.1. The molecular formula is C28H35NOS. The second-order valence-electron chi connectivity index (χ2n) is 10.0. The van der Waals surface area contributed by atoms with Crippen molar-refractivity contribution in [1.82, 2.24) is 4.98 Å². The zero-order chi connectivity index (χ0) is 21.0. The van der Waals surface area contributed by atoms with E-state index in [2.05, 4.69) is 28.6 Å². The second kappa shape index (κ2) is 9.73. The van der Waals surface area contributed by atoms with Crippen LogP contribution in [0.1, 0.15) is 79.4 Å². The number of thiophene rings is 1. The summed E-state index contributed by atoms with van der Waals surface area (Å²) in [6.45, 7) is 0. The Kier molecular flexibility index (Phi) is 6.59. The van der Waals surface area contributed by atoms with E-state index < -0.39 is 0 Å². The molecule has 2 saturated carbocycles. The lowest BCUT2D eigenvalue weighted by Gasteiger charge is -2.35. The Hall–Kier alpha value is -1.87. The third kappa shape index (κ3) is 4.98. The monoisotopic (exact) mass is 433 g/mol. The Balaban J connectivity index is 1.03. The first kappa shape index (κ1) is 21.0. The maximum atomic E-state index is 12.6. The number of carbonyl (C=O) groups excluding carboxylic acids is 1. The summed E-state index contributed by atoms with van der Waals surface area (Å²) in [6, 6.07) is 12.6. The molecule has 4 atom stereocenters. The van der Waals surface area contributed by atoms with E-state index in [-0.39, 0.29) is 0 Å². The van der Waals surface area contributed by atoms with Gasteiger partial charge in [-0.3, -0.25) is 4.79 Å². The van der Waals surface area contributed by atoms with E-state index in [0.29, 0.717) is 12.2 Å². The molecule has 1 N–H and O–H groups in total. The van der Waals surface area contributed by atoms with Crippen LogP contribution in [0.25, 0.3) is 10.9 Å². The van der Waals surface area contributed by atoms with Crippen molar-refractivity contribution in [1.29, 1.82) is 0 Å². The number of unbranched alkanes of at least 4 members (excludes halogenated alkanes) is 1. The van der Waals surface area contributed by atoms with Gasteiger partial charge in [0.1, 0.15) is 0 Å². The van der Waals surface area contributed by atoms with Gasteiger partial charge in [0.05, 0.1) is 0 Å². The SMILES string of the molecule is O=C(CCCCC1C[C@H]2CC[C@@H](C1)C2CCCc1cccs1)c1ccc2cc[nH]c2c1. The minimum absolute atomic E-state index is 0.297. The van der Waals surface area contributed by atoms with Crippen molar-refractivity contribution in [3.8, 4) is 0 Å². The van der Waals surface area contributed by atoms with Crippen molar-refractivity contribution in [2.24, 2.45) is 23.7 Å². The van der Waals surface area contributed by atoms with Crippen molar-refractivity contribution in [2.75, 3.05) is 0 Å². The number of hydrogen-bond donors (Lipinski definition) is 1. The quantitative estimate of drug-likeness (QED) is 0.255. The van der Waals surface area contributed by atoms with Crippen molar-refractivity contribution in [3.05, 3.63) is 58.4 Å². The fourth-order valence-electron chi connectivity index (χ4n) is 6.54. The van der Waals surface area contributed by atoms with Crippen LogP contribution in [0.2, 0.25) is 0 Å². The van der Waals surface area contributed by atoms with E-state index in [1.54, 1.807) is 4.88 Å². The molecule has 2 aliphatic carbocycles. The van der Waals surface area contributed by atoms with Gasteiger partial charge in [-0.25, -0.2) is 0 Å². The lowest BCUT2D eigenvalue weighted by molar-refractivity contribution is 0.0976. The molecule has 2 unspecified atom stereocenters. The highest BCUT2D eigenvalue weighted by atomic mass is 32.1. The van der Waals surface area contributed by atoms with E-state index in [1.165, 1.54) is 63.2 Å². The highest BCUT2D eigenvalue weighted by Crippen LogP contribution is 2.51. The Bertz CT molecular complexity index is 974. The van der Waals surface area contributed by atoms with E-state index in [1.807, 2.05) is 35.7 Å². The minimum atomic E-state index is 0.297. The number of ketones is 1. The molecule has 0 amide bonds. The van der Waals surface area contributed by atoms with Gasteiger partial charge in [-0.2, -0.15) is 0 Å². The molecule has 2 heterocycles. The summed E-state index contributed by atoms with van der Waals surface area (Å²) in [5.74, 6) is 4.19. The summed E-state index contributed by atoms with van der Waals surface area (Å²) in [5, 5.41) is 3.38. The summed E-state index contributed by atoms with van der Waals surface area (Å²) in [6.07, 6.45) is 16.2. The summed E-state index contributed by atoms with van der Waals surface area (Å²) in [7, 11) is 0. The molecule has 2 aliphatic rings. The van der Waals surface area contributed by atoms with Crippen LogP contribution in [0, 0.1) is 23.7 Å². The number of aromatic amines is 1. The summed E-state index contributed by atoms with van der Waals surface area (Å²) < 4.78 is 0. The molecule has 2 nitrogen and oxygen atoms in total. The maximum Gasteiger partial charge on any atom is 0.162 e. The molecule has 0 saturated heterocycles. The average Bonchev–Trinajstić information content (AvgIpc) is 3.51. The van der Waals surface area contributed by atoms with Crippen LogP contribution in [-0.2, 0) is 6.42 Å². The molecule has 2 aromatic heterocycles. The highest BCUT2D eigenvalue weighted by Gasteiger charge is 2.41. The van der Waals surface area contributed by atoms with Crippen molar-refractivity contribution >= 4 is 28.0 Å². The third-order valence-electron chi connectivity index (χ3n) is 8.08. The number of aryl methyl sites for hydroxylation is 1. The number of rotatable bonds is 10. The molecule has 0 aliphatic heterocycles. The Morgan fingerprint density at radius 3 is 2.68 bits per heavy atom. The molecule has 2 bridgehead atoms. The van der Waals surface area contributed by atoms with Gasteiger partial charge in [0.15, 0.2) is 5.78 Å². The van der Waals surface area contributed by atoms with E-state index in [4.69, 9.17) is 0 Å². The van der Waals surface area contributed by atoms with Crippen LogP contribution >= 0.6 is 11.3 Å². The minimum Gasteiger partial charge on any atom is -0.361 e. The molecule has 0 radical (unpaired) electrons. The normalized spacial score (nSPS) is 25.3. The molecule has 2 fully saturated rings. The maximum absolute atomic E-state index is 12.6. The van der Waals surface area contributed by atoms with Gasteiger partial charge in [0.2, 0.25) is 0 Å². The fraction of sp³-hybridized carbons (Fsp3) is 0.536. The zero-order valence-electron chi connectivity index (χ0n) is 18.5. The van der Waals surface area contributed by atoms with Gasteiger partial charge < -0.3 is 4.98 Å². The van der Waals surface area contributed by atoms with Crippen LogP contribution < -0.4 is 0 Å². The van der Waals surface area contributed by atoms with Crippen LogP contribution in [-0.4, -0.2) is 10.8 Å². The Morgan fingerprint density at radius 2 is 1.87 bits per heavy atom.